The number of aliphatic hydroxyl groups is 1. The number of aromatic nitrogens is 1. The number of hydrogen-bond donors (Lipinski definition) is 2. The SMILES string of the molecule is COc1ccc(OCCc2sc(C3(O)CCCNCC3)nc2C)cc1.Cl. The van der Waals surface area contributed by atoms with Crippen LogP contribution in [0.4, 0.5) is 0 Å². The number of hydrogen-bond acceptors (Lipinski definition) is 6. The van der Waals surface area contributed by atoms with Crippen molar-refractivity contribution in [1.29, 1.82) is 0 Å². The van der Waals surface area contributed by atoms with Gasteiger partial charge in [-0.05, 0) is 63.5 Å². The summed E-state index contributed by atoms with van der Waals surface area (Å²) in [6.07, 6.45) is 3.27. The van der Waals surface area contributed by atoms with Gasteiger partial charge in [0.05, 0.1) is 19.4 Å². The average molecular weight is 399 g/mol. The summed E-state index contributed by atoms with van der Waals surface area (Å²) < 4.78 is 11.0. The normalized spacial score (nSPS) is 20.1. The van der Waals surface area contributed by atoms with E-state index in [4.69, 9.17) is 9.47 Å². The van der Waals surface area contributed by atoms with E-state index in [2.05, 4.69) is 10.3 Å². The Balaban J connectivity index is 0.00000243. The Kier molecular flexibility index (Phi) is 7.70. The maximum absolute atomic E-state index is 11.0. The van der Waals surface area contributed by atoms with Gasteiger partial charge in [0.15, 0.2) is 0 Å². The molecule has 1 aromatic heterocycles. The summed E-state index contributed by atoms with van der Waals surface area (Å²) in [5.41, 5.74) is 0.220. The van der Waals surface area contributed by atoms with E-state index >= 15 is 0 Å². The molecule has 5 nitrogen and oxygen atoms in total. The molecular formula is C19H27ClN2O3S. The Bertz CT molecular complexity index is 683. The summed E-state index contributed by atoms with van der Waals surface area (Å²) in [6, 6.07) is 7.60. The van der Waals surface area contributed by atoms with Crippen molar-refractivity contribution >= 4 is 23.7 Å². The lowest BCUT2D eigenvalue weighted by atomic mass is 9.96. The van der Waals surface area contributed by atoms with Gasteiger partial charge in [-0.25, -0.2) is 4.98 Å². The maximum Gasteiger partial charge on any atom is 0.125 e. The van der Waals surface area contributed by atoms with Crippen LogP contribution in [0.5, 0.6) is 11.5 Å². The lowest BCUT2D eigenvalue weighted by Crippen LogP contribution is -2.27. The van der Waals surface area contributed by atoms with Crippen LogP contribution in [-0.2, 0) is 12.0 Å². The van der Waals surface area contributed by atoms with Crippen LogP contribution in [0.1, 0.15) is 34.8 Å². The van der Waals surface area contributed by atoms with Gasteiger partial charge in [0.25, 0.3) is 0 Å². The standard InChI is InChI=1S/C19H26N2O3S.ClH/c1-14-17(8-13-24-16-6-4-15(23-2)5-7-16)25-18(21-14)19(22)9-3-11-20-12-10-19;/h4-7,20,22H,3,8-13H2,1-2H3;1H. The zero-order valence-corrected chi connectivity index (χ0v) is 16.9. The Hall–Kier alpha value is -1.34. The quantitative estimate of drug-likeness (QED) is 0.780. The van der Waals surface area contributed by atoms with E-state index < -0.39 is 5.60 Å². The van der Waals surface area contributed by atoms with E-state index in [0.717, 1.165) is 61.0 Å². The number of ether oxygens (including phenoxy) is 2. The minimum absolute atomic E-state index is 0. The van der Waals surface area contributed by atoms with E-state index in [-0.39, 0.29) is 12.4 Å². The molecule has 1 aliphatic rings. The van der Waals surface area contributed by atoms with Crippen LogP contribution >= 0.6 is 23.7 Å². The molecule has 0 amide bonds. The summed E-state index contributed by atoms with van der Waals surface area (Å²) >= 11 is 1.63. The number of rotatable bonds is 6. The molecule has 2 N–H and O–H groups in total. The molecule has 0 aliphatic carbocycles. The zero-order valence-electron chi connectivity index (χ0n) is 15.3. The fourth-order valence-electron chi connectivity index (χ4n) is 3.06. The van der Waals surface area contributed by atoms with Gasteiger partial charge in [-0.3, -0.25) is 0 Å². The molecule has 3 rings (SSSR count). The minimum Gasteiger partial charge on any atom is -0.497 e. The molecule has 1 fully saturated rings. The molecule has 1 saturated heterocycles. The van der Waals surface area contributed by atoms with Crippen molar-refractivity contribution in [3.05, 3.63) is 39.8 Å². The second kappa shape index (κ2) is 9.55. The fraction of sp³-hybridized carbons (Fsp3) is 0.526. The maximum atomic E-state index is 11.0. The first-order valence-electron chi connectivity index (χ1n) is 8.77. The molecule has 1 aromatic carbocycles. The molecule has 144 valence electrons. The molecule has 0 bridgehead atoms. The van der Waals surface area contributed by atoms with Crippen molar-refractivity contribution in [2.24, 2.45) is 0 Å². The zero-order chi connectivity index (χ0) is 17.7. The number of halogens is 1. The Morgan fingerprint density at radius 1 is 1.19 bits per heavy atom. The summed E-state index contributed by atoms with van der Waals surface area (Å²) in [7, 11) is 1.65. The highest BCUT2D eigenvalue weighted by Gasteiger charge is 2.33. The van der Waals surface area contributed by atoms with Crippen molar-refractivity contribution in [2.45, 2.75) is 38.2 Å². The monoisotopic (exact) mass is 398 g/mol. The number of thiazole rings is 1. The molecule has 2 aromatic rings. The summed E-state index contributed by atoms with van der Waals surface area (Å²) in [5, 5.41) is 15.2. The summed E-state index contributed by atoms with van der Waals surface area (Å²) in [5.74, 6) is 1.65. The van der Waals surface area contributed by atoms with E-state index in [1.165, 1.54) is 4.88 Å². The number of nitrogens with one attached hydrogen (secondary N) is 1. The van der Waals surface area contributed by atoms with Crippen molar-refractivity contribution in [3.8, 4) is 11.5 Å². The van der Waals surface area contributed by atoms with E-state index in [1.807, 2.05) is 31.2 Å². The van der Waals surface area contributed by atoms with E-state index in [1.54, 1.807) is 18.4 Å². The molecular weight excluding hydrogens is 372 g/mol. The molecule has 1 atom stereocenters. The van der Waals surface area contributed by atoms with Gasteiger partial charge < -0.3 is 19.9 Å². The molecule has 0 saturated carbocycles. The predicted molar refractivity (Wildman–Crippen MR) is 107 cm³/mol. The third-order valence-electron chi connectivity index (χ3n) is 4.61. The third kappa shape index (κ3) is 5.10. The van der Waals surface area contributed by atoms with Crippen molar-refractivity contribution in [2.75, 3.05) is 26.8 Å². The lowest BCUT2D eigenvalue weighted by Gasteiger charge is -2.23. The van der Waals surface area contributed by atoms with Crippen LogP contribution in [0.3, 0.4) is 0 Å². The van der Waals surface area contributed by atoms with Crippen LogP contribution in [0.25, 0.3) is 0 Å². The van der Waals surface area contributed by atoms with Gasteiger partial charge >= 0.3 is 0 Å². The highest BCUT2D eigenvalue weighted by Crippen LogP contribution is 2.35. The first kappa shape index (κ1) is 21.0. The molecule has 2 heterocycles. The van der Waals surface area contributed by atoms with Gasteiger partial charge in [0.1, 0.15) is 22.1 Å². The fourth-order valence-corrected chi connectivity index (χ4v) is 4.25. The van der Waals surface area contributed by atoms with Gasteiger partial charge in [-0.2, -0.15) is 0 Å². The highest BCUT2D eigenvalue weighted by molar-refractivity contribution is 7.11. The Morgan fingerprint density at radius 3 is 2.65 bits per heavy atom. The minimum atomic E-state index is -0.784. The molecule has 0 spiro atoms. The first-order chi connectivity index (χ1) is 12.1. The van der Waals surface area contributed by atoms with Crippen LogP contribution in [-0.4, -0.2) is 36.9 Å². The van der Waals surface area contributed by atoms with Gasteiger partial charge in [0, 0.05) is 11.3 Å². The average Bonchev–Trinajstić information content (AvgIpc) is 2.85. The highest BCUT2D eigenvalue weighted by atomic mass is 35.5. The number of methoxy groups -OCH3 is 1. The van der Waals surface area contributed by atoms with E-state index in [0.29, 0.717) is 6.61 Å². The van der Waals surface area contributed by atoms with Crippen molar-refractivity contribution in [1.82, 2.24) is 10.3 Å². The van der Waals surface area contributed by atoms with Crippen LogP contribution < -0.4 is 14.8 Å². The molecule has 0 radical (unpaired) electrons. The topological polar surface area (TPSA) is 63.6 Å². The smallest absolute Gasteiger partial charge is 0.125 e. The number of benzene rings is 1. The summed E-state index contributed by atoms with van der Waals surface area (Å²) in [6.45, 7) is 4.41. The Labute approximate surface area is 165 Å². The van der Waals surface area contributed by atoms with Crippen molar-refractivity contribution < 1.29 is 14.6 Å². The van der Waals surface area contributed by atoms with E-state index in [9.17, 15) is 5.11 Å². The third-order valence-corrected chi connectivity index (χ3v) is 6.02. The lowest BCUT2D eigenvalue weighted by molar-refractivity contribution is 0.0237. The van der Waals surface area contributed by atoms with Crippen LogP contribution in [0.2, 0.25) is 0 Å². The Morgan fingerprint density at radius 2 is 1.92 bits per heavy atom. The molecule has 1 unspecified atom stereocenters. The number of aryl methyl sites for hydroxylation is 1. The second-order valence-electron chi connectivity index (χ2n) is 6.44. The largest absolute Gasteiger partial charge is 0.497 e. The van der Waals surface area contributed by atoms with Crippen molar-refractivity contribution in [3.63, 3.8) is 0 Å². The molecule has 1 aliphatic heterocycles. The predicted octanol–water partition coefficient (Wildman–Crippen LogP) is 3.46. The van der Waals surface area contributed by atoms with Gasteiger partial charge in [-0.15, -0.1) is 23.7 Å². The molecule has 7 heteroatoms. The van der Waals surface area contributed by atoms with Crippen LogP contribution in [0.15, 0.2) is 24.3 Å². The second-order valence-corrected chi connectivity index (χ2v) is 7.52. The number of nitrogens with zero attached hydrogens (tertiary/aromatic N) is 1. The van der Waals surface area contributed by atoms with Gasteiger partial charge in [-0.1, -0.05) is 0 Å². The van der Waals surface area contributed by atoms with Crippen LogP contribution in [0, 0.1) is 6.92 Å². The first-order valence-corrected chi connectivity index (χ1v) is 9.59. The van der Waals surface area contributed by atoms with Gasteiger partial charge in [0.2, 0.25) is 0 Å². The summed E-state index contributed by atoms with van der Waals surface area (Å²) in [4.78, 5) is 5.85. The molecule has 26 heavy (non-hydrogen) atoms.